The zero-order valence-corrected chi connectivity index (χ0v) is 14.3. The van der Waals surface area contributed by atoms with Crippen LogP contribution in [-0.4, -0.2) is 13.0 Å². The van der Waals surface area contributed by atoms with Gasteiger partial charge in [0.1, 0.15) is 5.75 Å². The largest absolute Gasteiger partial charge is 0.497 e. The van der Waals surface area contributed by atoms with E-state index in [4.69, 9.17) is 16.3 Å². The lowest BCUT2D eigenvalue weighted by molar-refractivity contribution is 0.102. The summed E-state index contributed by atoms with van der Waals surface area (Å²) in [5, 5.41) is 3.39. The molecule has 0 fully saturated rings. The highest BCUT2D eigenvalue weighted by Gasteiger charge is 2.14. The fourth-order valence-electron chi connectivity index (χ4n) is 2.06. The first-order valence-electron chi connectivity index (χ1n) is 6.34. The number of halogens is 2. The molecule has 1 N–H and O–H groups in total. The molecule has 1 amide bonds. The second kappa shape index (κ2) is 6.50. The van der Waals surface area contributed by atoms with Crippen LogP contribution in [-0.2, 0) is 0 Å². The molecule has 0 unspecified atom stereocenters. The first kappa shape index (κ1) is 15.9. The van der Waals surface area contributed by atoms with E-state index in [0.29, 0.717) is 26.5 Å². The first-order chi connectivity index (χ1) is 9.92. The molecule has 0 aliphatic heterocycles. The maximum Gasteiger partial charge on any atom is 0.256 e. The van der Waals surface area contributed by atoms with Gasteiger partial charge < -0.3 is 10.1 Å². The molecule has 5 heteroatoms. The van der Waals surface area contributed by atoms with Crippen LogP contribution in [0.3, 0.4) is 0 Å². The van der Waals surface area contributed by atoms with Crippen molar-refractivity contribution in [2.45, 2.75) is 13.8 Å². The van der Waals surface area contributed by atoms with E-state index in [9.17, 15) is 4.79 Å². The summed E-state index contributed by atoms with van der Waals surface area (Å²) in [4.78, 5) is 12.4. The van der Waals surface area contributed by atoms with Crippen LogP contribution in [0.2, 0.25) is 5.02 Å². The smallest absolute Gasteiger partial charge is 0.256 e. The maximum absolute atomic E-state index is 12.4. The molecular formula is C16H15BrClNO2. The molecule has 0 aliphatic carbocycles. The van der Waals surface area contributed by atoms with Gasteiger partial charge in [-0.2, -0.15) is 0 Å². The van der Waals surface area contributed by atoms with Gasteiger partial charge in [0.05, 0.1) is 23.4 Å². The first-order valence-corrected chi connectivity index (χ1v) is 7.51. The average molecular weight is 369 g/mol. The molecule has 110 valence electrons. The predicted molar refractivity (Wildman–Crippen MR) is 89.6 cm³/mol. The van der Waals surface area contributed by atoms with Gasteiger partial charge in [0.15, 0.2) is 0 Å². The predicted octanol–water partition coefficient (Wildman–Crippen LogP) is 4.98. The summed E-state index contributed by atoms with van der Waals surface area (Å²) in [6.07, 6.45) is 0. The van der Waals surface area contributed by atoms with Crippen molar-refractivity contribution in [1.82, 2.24) is 0 Å². The number of anilines is 1. The van der Waals surface area contributed by atoms with E-state index < -0.39 is 0 Å². The van der Waals surface area contributed by atoms with E-state index in [1.807, 2.05) is 26.0 Å². The summed E-state index contributed by atoms with van der Waals surface area (Å²) >= 11 is 9.59. The standard InChI is InChI=1S/C16H15BrClNO2/c1-9-6-10(2)15(14(18)7-9)19-16(20)12-8-11(21-3)4-5-13(12)17/h4-8H,1-3H3,(H,19,20). The van der Waals surface area contributed by atoms with E-state index in [-0.39, 0.29) is 5.91 Å². The number of amides is 1. The zero-order chi connectivity index (χ0) is 15.6. The molecule has 0 saturated heterocycles. The highest BCUT2D eigenvalue weighted by molar-refractivity contribution is 9.10. The number of ether oxygens (including phenoxy) is 1. The number of carbonyl (C=O) groups excluding carboxylic acids is 1. The Kier molecular flexibility index (Phi) is 4.91. The third kappa shape index (κ3) is 3.57. The summed E-state index contributed by atoms with van der Waals surface area (Å²) in [7, 11) is 1.56. The van der Waals surface area contributed by atoms with Crippen LogP contribution < -0.4 is 10.1 Å². The summed E-state index contributed by atoms with van der Waals surface area (Å²) < 4.78 is 5.84. The Hall–Kier alpha value is -1.52. The lowest BCUT2D eigenvalue weighted by Crippen LogP contribution is -2.14. The number of methoxy groups -OCH3 is 1. The van der Waals surface area contributed by atoms with Crippen LogP contribution in [0.4, 0.5) is 5.69 Å². The van der Waals surface area contributed by atoms with E-state index in [0.717, 1.165) is 11.1 Å². The molecule has 0 radical (unpaired) electrons. The summed E-state index contributed by atoms with van der Waals surface area (Å²) in [5.41, 5.74) is 3.10. The molecule has 0 heterocycles. The molecule has 0 bridgehead atoms. The summed E-state index contributed by atoms with van der Waals surface area (Å²) in [5.74, 6) is 0.379. The second-order valence-corrected chi connectivity index (χ2v) is 6.00. The Labute approximate surface area is 137 Å². The summed E-state index contributed by atoms with van der Waals surface area (Å²) in [6, 6.07) is 9.03. The van der Waals surface area contributed by atoms with Crippen molar-refractivity contribution in [2.75, 3.05) is 12.4 Å². The van der Waals surface area contributed by atoms with Crippen LogP contribution >= 0.6 is 27.5 Å². The molecule has 0 aliphatic rings. The number of carbonyl (C=O) groups is 1. The Morgan fingerprint density at radius 1 is 1.24 bits per heavy atom. The van der Waals surface area contributed by atoms with E-state index in [1.165, 1.54) is 0 Å². The van der Waals surface area contributed by atoms with Gasteiger partial charge in [0, 0.05) is 4.47 Å². The third-order valence-corrected chi connectivity index (χ3v) is 4.08. The number of hydrogen-bond acceptors (Lipinski definition) is 2. The minimum Gasteiger partial charge on any atom is -0.497 e. The molecular weight excluding hydrogens is 354 g/mol. The van der Waals surface area contributed by atoms with Gasteiger partial charge >= 0.3 is 0 Å². The number of hydrogen-bond donors (Lipinski definition) is 1. The Bertz CT molecular complexity index is 678. The monoisotopic (exact) mass is 367 g/mol. The van der Waals surface area contributed by atoms with E-state index in [2.05, 4.69) is 21.2 Å². The van der Waals surface area contributed by atoms with Crippen LogP contribution in [0.15, 0.2) is 34.8 Å². The third-order valence-electron chi connectivity index (χ3n) is 3.09. The second-order valence-electron chi connectivity index (χ2n) is 4.74. The zero-order valence-electron chi connectivity index (χ0n) is 12.0. The van der Waals surface area contributed by atoms with E-state index >= 15 is 0 Å². The van der Waals surface area contributed by atoms with Crippen LogP contribution in [0.5, 0.6) is 5.75 Å². The molecule has 21 heavy (non-hydrogen) atoms. The van der Waals surface area contributed by atoms with Gasteiger partial charge in [0.25, 0.3) is 5.91 Å². The lowest BCUT2D eigenvalue weighted by atomic mass is 10.1. The lowest BCUT2D eigenvalue weighted by Gasteiger charge is -2.13. The van der Waals surface area contributed by atoms with Crippen LogP contribution in [0.25, 0.3) is 0 Å². The number of aryl methyl sites for hydroxylation is 2. The minimum atomic E-state index is -0.241. The van der Waals surface area contributed by atoms with Gasteiger partial charge in [-0.05, 0) is 65.2 Å². The topological polar surface area (TPSA) is 38.3 Å². The van der Waals surface area contributed by atoms with Crippen molar-refractivity contribution in [3.05, 3.63) is 56.5 Å². The molecule has 3 nitrogen and oxygen atoms in total. The Morgan fingerprint density at radius 2 is 1.95 bits per heavy atom. The van der Waals surface area contributed by atoms with Crippen LogP contribution in [0.1, 0.15) is 21.5 Å². The average Bonchev–Trinajstić information content (AvgIpc) is 2.43. The fourth-order valence-corrected chi connectivity index (χ4v) is 2.86. The summed E-state index contributed by atoms with van der Waals surface area (Å²) in [6.45, 7) is 3.87. The highest BCUT2D eigenvalue weighted by Crippen LogP contribution is 2.29. The molecule has 0 spiro atoms. The van der Waals surface area contributed by atoms with Gasteiger partial charge in [-0.15, -0.1) is 0 Å². The van der Waals surface area contributed by atoms with Crippen molar-refractivity contribution in [2.24, 2.45) is 0 Å². The SMILES string of the molecule is COc1ccc(Br)c(C(=O)Nc2c(C)cc(C)cc2Cl)c1. The molecule has 0 saturated carbocycles. The Morgan fingerprint density at radius 3 is 2.57 bits per heavy atom. The molecule has 2 aromatic rings. The van der Waals surface area contributed by atoms with Gasteiger partial charge in [0.2, 0.25) is 0 Å². The minimum absolute atomic E-state index is 0.241. The van der Waals surface area contributed by atoms with Gasteiger partial charge in [-0.1, -0.05) is 17.7 Å². The highest BCUT2D eigenvalue weighted by atomic mass is 79.9. The fraction of sp³-hybridized carbons (Fsp3) is 0.188. The molecule has 0 aromatic heterocycles. The van der Waals surface area contributed by atoms with Crippen molar-refractivity contribution in [3.63, 3.8) is 0 Å². The van der Waals surface area contributed by atoms with Crippen molar-refractivity contribution in [1.29, 1.82) is 0 Å². The Balaban J connectivity index is 2.35. The van der Waals surface area contributed by atoms with Crippen LogP contribution in [0, 0.1) is 13.8 Å². The number of benzene rings is 2. The molecule has 2 rings (SSSR count). The van der Waals surface area contributed by atoms with Crippen molar-refractivity contribution < 1.29 is 9.53 Å². The maximum atomic E-state index is 12.4. The number of rotatable bonds is 3. The molecule has 2 aromatic carbocycles. The van der Waals surface area contributed by atoms with Gasteiger partial charge in [-0.3, -0.25) is 4.79 Å². The number of nitrogens with one attached hydrogen (secondary N) is 1. The quantitative estimate of drug-likeness (QED) is 0.829. The normalized spacial score (nSPS) is 10.3. The van der Waals surface area contributed by atoms with E-state index in [1.54, 1.807) is 25.3 Å². The van der Waals surface area contributed by atoms with Crippen molar-refractivity contribution in [3.8, 4) is 5.75 Å². The molecule has 0 atom stereocenters. The van der Waals surface area contributed by atoms with Crippen molar-refractivity contribution >= 4 is 39.1 Å². The van der Waals surface area contributed by atoms with Gasteiger partial charge in [-0.25, -0.2) is 0 Å².